The predicted octanol–water partition coefficient (Wildman–Crippen LogP) is 9.46. The van der Waals surface area contributed by atoms with E-state index in [1.807, 2.05) is 21.1 Å². The first-order valence-electron chi connectivity index (χ1n) is 18.4. The van der Waals surface area contributed by atoms with Crippen molar-refractivity contribution in [1.29, 1.82) is 0 Å². The molecule has 0 aliphatic carbocycles. The van der Waals surface area contributed by atoms with Crippen LogP contribution in [0.2, 0.25) is 0 Å². The molecule has 0 aromatic carbocycles. The van der Waals surface area contributed by atoms with Crippen molar-refractivity contribution in [2.45, 2.75) is 161 Å². The van der Waals surface area contributed by atoms with E-state index in [2.05, 4.69) is 26.0 Å². The van der Waals surface area contributed by atoms with E-state index in [9.17, 15) is 19.0 Å². The standard InChI is InChI=1S/C36H70NO8P/c1-6-8-10-12-14-15-16-17-18-19-20-21-23-24-26-28-35(38)42-32-34(33-44-46(40,41)43-31-30-37(3,4)5)45-36(39)29-27-25-22-13-11-9-7-2/h15-16,34H,6-14,17-33H2,1-5H3/p+1/b16-15+/t34-/m0/s1. The highest BCUT2D eigenvalue weighted by Gasteiger charge is 2.27. The third-order valence-electron chi connectivity index (χ3n) is 7.80. The maximum atomic E-state index is 12.5. The number of ether oxygens (including phenoxy) is 2. The number of allylic oxidation sites excluding steroid dienone is 2. The van der Waals surface area contributed by atoms with Crippen LogP contribution in [0.5, 0.6) is 0 Å². The van der Waals surface area contributed by atoms with Gasteiger partial charge in [-0.15, -0.1) is 0 Å². The van der Waals surface area contributed by atoms with E-state index in [1.54, 1.807) is 0 Å². The number of unbranched alkanes of at least 4 members (excludes halogenated alkanes) is 17. The fourth-order valence-electron chi connectivity index (χ4n) is 4.83. The Hall–Kier alpha value is -1.25. The van der Waals surface area contributed by atoms with Crippen LogP contribution in [0.4, 0.5) is 0 Å². The van der Waals surface area contributed by atoms with Crippen LogP contribution in [0.1, 0.15) is 155 Å². The molecule has 0 aromatic heterocycles. The molecule has 272 valence electrons. The molecule has 0 spiro atoms. The van der Waals surface area contributed by atoms with Gasteiger partial charge in [-0.2, -0.15) is 0 Å². The van der Waals surface area contributed by atoms with Gasteiger partial charge in [0.05, 0.1) is 27.7 Å². The number of phosphoric acid groups is 1. The fourth-order valence-corrected chi connectivity index (χ4v) is 5.57. The van der Waals surface area contributed by atoms with Crippen molar-refractivity contribution in [3.05, 3.63) is 12.2 Å². The Morgan fingerprint density at radius 1 is 0.652 bits per heavy atom. The van der Waals surface area contributed by atoms with Gasteiger partial charge in [0.2, 0.25) is 0 Å². The zero-order chi connectivity index (χ0) is 34.4. The smallest absolute Gasteiger partial charge is 0.462 e. The van der Waals surface area contributed by atoms with Gasteiger partial charge in [0.25, 0.3) is 0 Å². The number of quaternary nitrogens is 1. The predicted molar refractivity (Wildman–Crippen MR) is 188 cm³/mol. The largest absolute Gasteiger partial charge is 0.472 e. The first kappa shape index (κ1) is 44.8. The summed E-state index contributed by atoms with van der Waals surface area (Å²) < 4.78 is 34.0. The second kappa shape index (κ2) is 29.9. The van der Waals surface area contributed by atoms with E-state index < -0.39 is 26.5 Å². The van der Waals surface area contributed by atoms with E-state index in [-0.39, 0.29) is 32.0 Å². The summed E-state index contributed by atoms with van der Waals surface area (Å²) in [7, 11) is 1.48. The van der Waals surface area contributed by atoms with Gasteiger partial charge in [-0.25, -0.2) is 4.57 Å². The summed E-state index contributed by atoms with van der Waals surface area (Å²) in [5.41, 5.74) is 0. The average Bonchev–Trinajstić information content (AvgIpc) is 2.99. The Bertz CT molecular complexity index is 814. The lowest BCUT2D eigenvalue weighted by Crippen LogP contribution is -2.37. The Morgan fingerprint density at radius 3 is 1.63 bits per heavy atom. The molecule has 0 bridgehead atoms. The molecule has 2 atom stereocenters. The molecule has 0 saturated heterocycles. The maximum Gasteiger partial charge on any atom is 0.472 e. The van der Waals surface area contributed by atoms with Gasteiger partial charge in [0.1, 0.15) is 19.8 Å². The summed E-state index contributed by atoms with van der Waals surface area (Å²) in [5.74, 6) is -0.809. The molecule has 0 aliphatic heterocycles. The average molecular weight is 677 g/mol. The number of rotatable bonds is 33. The quantitative estimate of drug-likeness (QED) is 0.0241. The molecule has 0 fully saturated rings. The molecule has 1 N–H and O–H groups in total. The highest BCUT2D eigenvalue weighted by Crippen LogP contribution is 2.43. The summed E-state index contributed by atoms with van der Waals surface area (Å²) in [6.07, 6.45) is 27.0. The molecule has 0 rings (SSSR count). The second-order valence-corrected chi connectivity index (χ2v) is 15.1. The monoisotopic (exact) mass is 676 g/mol. The Kier molecular flexibility index (Phi) is 29.0. The molecule has 0 aromatic rings. The number of likely N-dealkylation sites (N-methyl/N-ethyl adjacent to an activating group) is 1. The summed E-state index contributed by atoms with van der Waals surface area (Å²) >= 11 is 0. The third-order valence-corrected chi connectivity index (χ3v) is 8.78. The van der Waals surface area contributed by atoms with Crippen molar-refractivity contribution < 1.29 is 42.1 Å². The first-order chi connectivity index (χ1) is 22.0. The number of carbonyl (C=O) groups excluding carboxylic acids is 2. The van der Waals surface area contributed by atoms with E-state index in [1.165, 1.54) is 83.5 Å². The molecule has 0 heterocycles. The van der Waals surface area contributed by atoms with Crippen molar-refractivity contribution in [1.82, 2.24) is 0 Å². The summed E-state index contributed by atoms with van der Waals surface area (Å²) in [5, 5.41) is 0. The molecule has 1 unspecified atom stereocenters. The van der Waals surface area contributed by atoms with Gasteiger partial charge in [-0.3, -0.25) is 18.6 Å². The molecule has 0 amide bonds. The Labute approximate surface area is 282 Å². The molecular formula is C36H71NO8P+. The van der Waals surface area contributed by atoms with Crippen LogP contribution < -0.4 is 0 Å². The molecular weight excluding hydrogens is 605 g/mol. The van der Waals surface area contributed by atoms with Crippen LogP contribution in [0.25, 0.3) is 0 Å². The molecule has 46 heavy (non-hydrogen) atoms. The van der Waals surface area contributed by atoms with Crippen LogP contribution in [0.3, 0.4) is 0 Å². The first-order valence-corrected chi connectivity index (χ1v) is 19.9. The summed E-state index contributed by atoms with van der Waals surface area (Å²) in [6, 6.07) is 0. The van der Waals surface area contributed by atoms with E-state index in [0.717, 1.165) is 38.5 Å². The SMILES string of the molecule is CCCCCC/C=C/CCCCCCCCCC(=O)OC[C@@H](COP(=O)(O)OCC[N+](C)(C)C)OC(=O)CCCCCCCCC. The van der Waals surface area contributed by atoms with Crippen molar-refractivity contribution >= 4 is 19.8 Å². The second-order valence-electron chi connectivity index (χ2n) is 13.6. The van der Waals surface area contributed by atoms with Gasteiger partial charge in [0, 0.05) is 12.8 Å². The van der Waals surface area contributed by atoms with Gasteiger partial charge >= 0.3 is 19.8 Å². The Balaban J connectivity index is 4.36. The minimum absolute atomic E-state index is 0.0333. The van der Waals surface area contributed by atoms with E-state index in [0.29, 0.717) is 17.4 Å². The minimum Gasteiger partial charge on any atom is -0.462 e. The summed E-state index contributed by atoms with van der Waals surface area (Å²) in [4.78, 5) is 35.0. The van der Waals surface area contributed by atoms with Crippen LogP contribution in [0.15, 0.2) is 12.2 Å². The van der Waals surface area contributed by atoms with Crippen molar-refractivity contribution in [3.8, 4) is 0 Å². The van der Waals surface area contributed by atoms with Gasteiger partial charge in [0.15, 0.2) is 6.10 Å². The van der Waals surface area contributed by atoms with Crippen molar-refractivity contribution in [3.63, 3.8) is 0 Å². The minimum atomic E-state index is -4.35. The number of phosphoric ester groups is 1. The number of carbonyl (C=O) groups is 2. The highest BCUT2D eigenvalue weighted by atomic mass is 31.2. The van der Waals surface area contributed by atoms with Gasteiger partial charge in [-0.1, -0.05) is 116 Å². The van der Waals surface area contributed by atoms with Gasteiger partial charge in [-0.05, 0) is 38.5 Å². The number of nitrogens with zero attached hydrogens (tertiary/aromatic N) is 1. The number of esters is 2. The zero-order valence-electron chi connectivity index (χ0n) is 30.3. The van der Waals surface area contributed by atoms with Crippen LogP contribution in [-0.4, -0.2) is 74.9 Å². The zero-order valence-corrected chi connectivity index (χ0v) is 31.2. The van der Waals surface area contributed by atoms with Crippen LogP contribution in [-0.2, 0) is 32.7 Å². The topological polar surface area (TPSA) is 108 Å². The highest BCUT2D eigenvalue weighted by molar-refractivity contribution is 7.47. The molecule has 0 saturated carbocycles. The maximum absolute atomic E-state index is 12.5. The molecule has 10 heteroatoms. The lowest BCUT2D eigenvalue weighted by Gasteiger charge is -2.24. The third kappa shape index (κ3) is 32.7. The van der Waals surface area contributed by atoms with Crippen molar-refractivity contribution in [2.24, 2.45) is 0 Å². The summed E-state index contributed by atoms with van der Waals surface area (Å²) in [6.45, 7) is 4.34. The number of hydrogen-bond donors (Lipinski definition) is 1. The lowest BCUT2D eigenvalue weighted by molar-refractivity contribution is -0.870. The Morgan fingerprint density at radius 2 is 1.11 bits per heavy atom. The fraction of sp³-hybridized carbons (Fsp3) is 0.889. The molecule has 0 radical (unpaired) electrons. The van der Waals surface area contributed by atoms with Gasteiger partial charge < -0.3 is 18.9 Å². The van der Waals surface area contributed by atoms with E-state index in [4.69, 9.17) is 18.5 Å². The lowest BCUT2D eigenvalue weighted by atomic mass is 10.1. The van der Waals surface area contributed by atoms with Crippen LogP contribution in [0, 0.1) is 0 Å². The van der Waals surface area contributed by atoms with E-state index >= 15 is 0 Å². The number of hydrogen-bond acceptors (Lipinski definition) is 7. The normalized spacial score (nSPS) is 14.0. The molecule has 0 aliphatic rings. The van der Waals surface area contributed by atoms with Crippen LogP contribution >= 0.6 is 7.82 Å². The molecule has 9 nitrogen and oxygen atoms in total. The van der Waals surface area contributed by atoms with Crippen molar-refractivity contribution in [2.75, 3.05) is 47.5 Å².